The fraction of sp³-hybridized carbons (Fsp3) is 0.250. The van der Waals surface area contributed by atoms with Crippen molar-refractivity contribution < 1.29 is 37.8 Å². The molecule has 1 heterocycles. The molecule has 1 aromatic heterocycles. The van der Waals surface area contributed by atoms with Crippen molar-refractivity contribution in [2.75, 3.05) is 19.6 Å². The molecule has 0 bridgehead atoms. The average Bonchev–Trinajstić information content (AvgIpc) is 2.77. The summed E-state index contributed by atoms with van der Waals surface area (Å²) in [5.41, 5.74) is -0.613. The Morgan fingerprint density at radius 1 is 1.00 bits per heavy atom. The number of hydrogen-bond acceptors (Lipinski definition) is 8. The van der Waals surface area contributed by atoms with E-state index in [1.54, 1.807) is 4.90 Å². The molecule has 0 atom stereocenters. The molecule has 2 rings (SSSR count). The fourth-order valence-electron chi connectivity index (χ4n) is 2.70. The van der Waals surface area contributed by atoms with E-state index in [4.69, 9.17) is 5.11 Å². The molecule has 0 spiro atoms. The molecule has 0 radical (unpaired) electrons. The zero-order valence-corrected chi connectivity index (χ0v) is 18.5. The van der Waals surface area contributed by atoms with Crippen molar-refractivity contribution in [1.29, 1.82) is 0 Å². The Balaban J connectivity index is 2.15. The number of benzene rings is 1. The summed E-state index contributed by atoms with van der Waals surface area (Å²) < 4.78 is 26.9. The molecule has 176 valence electrons. The van der Waals surface area contributed by atoms with Crippen molar-refractivity contribution in [2.24, 2.45) is 0 Å². The second-order valence-electron chi connectivity index (χ2n) is 6.60. The molecule has 2 aromatic rings. The van der Waals surface area contributed by atoms with Crippen LogP contribution in [0.15, 0.2) is 41.4 Å². The highest BCUT2D eigenvalue weighted by Crippen LogP contribution is 2.17. The van der Waals surface area contributed by atoms with Crippen LogP contribution >= 0.6 is 0 Å². The summed E-state index contributed by atoms with van der Waals surface area (Å²) in [4.78, 5) is 51.9. The van der Waals surface area contributed by atoms with Crippen LogP contribution in [0.25, 0.3) is 0 Å². The maximum Gasteiger partial charge on any atom is 0.322 e. The quantitative estimate of drug-likeness (QED) is 0.391. The second-order valence-corrected chi connectivity index (χ2v) is 8.29. The zero-order chi connectivity index (χ0) is 24.8. The Bertz CT molecular complexity index is 1180. The van der Waals surface area contributed by atoms with Gasteiger partial charge in [0.2, 0.25) is 0 Å². The van der Waals surface area contributed by atoms with E-state index in [0.717, 1.165) is 12.3 Å². The zero-order valence-electron chi connectivity index (χ0n) is 17.7. The van der Waals surface area contributed by atoms with E-state index in [2.05, 4.69) is 4.98 Å². The van der Waals surface area contributed by atoms with Crippen LogP contribution in [0.5, 0.6) is 5.75 Å². The largest absolute Gasteiger partial charge is 0.505 e. The molecular formula is C20H22N4O8S. The van der Waals surface area contributed by atoms with E-state index in [9.17, 15) is 32.7 Å². The minimum Gasteiger partial charge on any atom is -0.505 e. The molecule has 33 heavy (non-hydrogen) atoms. The third kappa shape index (κ3) is 6.26. The number of aromatic hydroxyl groups is 1. The highest BCUT2D eigenvalue weighted by atomic mass is 32.2. The molecule has 0 aliphatic carbocycles. The molecule has 0 aliphatic rings. The van der Waals surface area contributed by atoms with Gasteiger partial charge in [0.05, 0.1) is 10.5 Å². The number of sulfonamides is 1. The molecule has 13 heteroatoms. The molecule has 0 aliphatic heterocycles. The number of aliphatic carboxylic acids is 1. The molecule has 0 fully saturated rings. The molecule has 0 saturated carbocycles. The van der Waals surface area contributed by atoms with Gasteiger partial charge in [-0.05, 0) is 44.2 Å². The maximum absolute atomic E-state index is 12.5. The number of amides is 3. The van der Waals surface area contributed by atoms with Crippen LogP contribution < -0.4 is 10.0 Å². The minimum absolute atomic E-state index is 0.262. The van der Waals surface area contributed by atoms with Crippen LogP contribution in [-0.4, -0.2) is 71.8 Å². The standard InChI is InChI=1S/C20H22N4O8S/c1-3-24(4-2)20(30)12-5-7-14(8-6-12)33(31,32)23-18(28)13-9-15(25)17(21-10-13)19(29)22-11-16(26)27/h5-10,25H,3-4,11H2,1-2H3,(H,22,29)(H,23,28)(H,26,27). The molecule has 3 amide bonds. The van der Waals surface area contributed by atoms with E-state index in [1.165, 1.54) is 24.3 Å². The van der Waals surface area contributed by atoms with Crippen LogP contribution in [-0.2, 0) is 14.8 Å². The Kier molecular flexibility index (Phi) is 8.07. The van der Waals surface area contributed by atoms with Crippen molar-refractivity contribution in [1.82, 2.24) is 19.9 Å². The van der Waals surface area contributed by atoms with Crippen molar-refractivity contribution in [2.45, 2.75) is 18.7 Å². The summed E-state index contributed by atoms with van der Waals surface area (Å²) >= 11 is 0. The third-order valence-electron chi connectivity index (χ3n) is 4.43. The topological polar surface area (TPSA) is 183 Å². The van der Waals surface area contributed by atoms with E-state index in [0.29, 0.717) is 13.1 Å². The number of nitrogens with zero attached hydrogens (tertiary/aromatic N) is 2. The van der Waals surface area contributed by atoms with Crippen LogP contribution in [0.4, 0.5) is 0 Å². The van der Waals surface area contributed by atoms with Gasteiger partial charge in [-0.25, -0.2) is 18.1 Å². The monoisotopic (exact) mass is 478 g/mol. The van der Waals surface area contributed by atoms with Crippen molar-refractivity contribution in [3.8, 4) is 5.75 Å². The van der Waals surface area contributed by atoms with Gasteiger partial charge in [0.25, 0.3) is 27.7 Å². The van der Waals surface area contributed by atoms with Crippen LogP contribution in [0, 0.1) is 0 Å². The lowest BCUT2D eigenvalue weighted by Gasteiger charge is -2.18. The van der Waals surface area contributed by atoms with Gasteiger partial charge in [0.15, 0.2) is 5.69 Å². The number of rotatable bonds is 9. The number of carbonyl (C=O) groups is 4. The van der Waals surface area contributed by atoms with Gasteiger partial charge in [0, 0.05) is 24.8 Å². The molecule has 0 saturated heterocycles. The average molecular weight is 478 g/mol. The lowest BCUT2D eigenvalue weighted by Crippen LogP contribution is -2.32. The van der Waals surface area contributed by atoms with Gasteiger partial charge in [-0.1, -0.05) is 0 Å². The van der Waals surface area contributed by atoms with Crippen molar-refractivity contribution in [3.05, 3.63) is 53.3 Å². The van der Waals surface area contributed by atoms with E-state index < -0.39 is 45.8 Å². The Hall–Kier alpha value is -4.00. The first-order valence-corrected chi connectivity index (χ1v) is 11.1. The predicted octanol–water partition coefficient (Wildman–Crippen LogP) is 0.202. The van der Waals surface area contributed by atoms with Gasteiger partial charge in [-0.15, -0.1) is 0 Å². The van der Waals surface area contributed by atoms with E-state index >= 15 is 0 Å². The predicted molar refractivity (Wildman–Crippen MR) is 114 cm³/mol. The van der Waals surface area contributed by atoms with Crippen LogP contribution in [0.1, 0.15) is 45.1 Å². The molecule has 1 aromatic carbocycles. The summed E-state index contributed by atoms with van der Waals surface area (Å²) in [6, 6.07) is 5.84. The van der Waals surface area contributed by atoms with Gasteiger partial charge < -0.3 is 20.4 Å². The summed E-state index contributed by atoms with van der Waals surface area (Å²) in [7, 11) is -4.32. The summed E-state index contributed by atoms with van der Waals surface area (Å²) in [5.74, 6) is -4.44. The second kappa shape index (κ2) is 10.5. The number of carboxylic acids is 1. The first-order valence-electron chi connectivity index (χ1n) is 9.65. The lowest BCUT2D eigenvalue weighted by atomic mass is 10.2. The third-order valence-corrected chi connectivity index (χ3v) is 5.78. The number of carbonyl (C=O) groups excluding carboxylic acids is 3. The van der Waals surface area contributed by atoms with E-state index in [-0.39, 0.29) is 21.9 Å². The van der Waals surface area contributed by atoms with Gasteiger partial charge in [-0.3, -0.25) is 19.2 Å². The van der Waals surface area contributed by atoms with Crippen molar-refractivity contribution in [3.63, 3.8) is 0 Å². The fourth-order valence-corrected chi connectivity index (χ4v) is 3.68. The maximum atomic E-state index is 12.5. The summed E-state index contributed by atoms with van der Waals surface area (Å²) in [6.45, 7) is 3.91. The number of pyridine rings is 1. The first-order chi connectivity index (χ1) is 15.5. The number of carboxylic acid groups (broad SMARTS) is 1. The molecular weight excluding hydrogens is 456 g/mol. The van der Waals surface area contributed by atoms with Crippen LogP contribution in [0.3, 0.4) is 0 Å². The van der Waals surface area contributed by atoms with Crippen LogP contribution in [0.2, 0.25) is 0 Å². The van der Waals surface area contributed by atoms with Gasteiger partial charge in [0.1, 0.15) is 12.3 Å². The summed E-state index contributed by atoms with van der Waals surface area (Å²) in [6.07, 6.45) is 0.853. The Morgan fingerprint density at radius 2 is 1.61 bits per heavy atom. The molecule has 12 nitrogen and oxygen atoms in total. The number of aromatic nitrogens is 1. The SMILES string of the molecule is CCN(CC)C(=O)c1ccc(S(=O)(=O)NC(=O)c2cnc(C(=O)NCC(=O)O)c(O)c2)cc1. The highest BCUT2D eigenvalue weighted by molar-refractivity contribution is 7.90. The number of nitrogens with one attached hydrogen (secondary N) is 2. The Morgan fingerprint density at radius 3 is 2.12 bits per heavy atom. The smallest absolute Gasteiger partial charge is 0.322 e. The normalized spacial score (nSPS) is 10.8. The van der Waals surface area contributed by atoms with E-state index in [1.807, 2.05) is 23.9 Å². The highest BCUT2D eigenvalue weighted by Gasteiger charge is 2.22. The first kappa shape index (κ1) is 25.3. The Labute approximate surface area is 189 Å². The molecule has 0 unspecified atom stereocenters. The molecule has 4 N–H and O–H groups in total. The summed E-state index contributed by atoms with van der Waals surface area (Å²) in [5, 5.41) is 20.5. The van der Waals surface area contributed by atoms with Gasteiger partial charge in [-0.2, -0.15) is 0 Å². The van der Waals surface area contributed by atoms with Crippen molar-refractivity contribution >= 4 is 33.7 Å². The minimum atomic E-state index is -4.32. The lowest BCUT2D eigenvalue weighted by molar-refractivity contribution is -0.135. The number of hydrogen-bond donors (Lipinski definition) is 4. The van der Waals surface area contributed by atoms with Gasteiger partial charge >= 0.3 is 5.97 Å².